The molecule has 2 aromatic rings. The summed E-state index contributed by atoms with van der Waals surface area (Å²) >= 11 is 11.9. The number of urea groups is 1. The van der Waals surface area contributed by atoms with Crippen LogP contribution >= 0.6 is 23.2 Å². The van der Waals surface area contributed by atoms with E-state index in [1.54, 1.807) is 43.3 Å². The molecule has 0 bridgehead atoms. The molecule has 0 aliphatic carbocycles. The lowest BCUT2D eigenvalue weighted by molar-refractivity contribution is -0.122. The van der Waals surface area contributed by atoms with Gasteiger partial charge in [0.1, 0.15) is 5.75 Å². The SMILES string of the molecule is CNC(=O)Nc1cccc(NC(=O)C(C)Oc2ccc(Cl)cc2Cl)c1. The summed E-state index contributed by atoms with van der Waals surface area (Å²) in [6.45, 7) is 1.60. The number of amides is 3. The Labute approximate surface area is 155 Å². The van der Waals surface area contributed by atoms with E-state index in [4.69, 9.17) is 27.9 Å². The van der Waals surface area contributed by atoms with Gasteiger partial charge in [-0.2, -0.15) is 0 Å². The van der Waals surface area contributed by atoms with E-state index in [9.17, 15) is 9.59 Å². The second kappa shape index (κ2) is 8.60. The van der Waals surface area contributed by atoms with Crippen LogP contribution in [-0.2, 0) is 4.79 Å². The van der Waals surface area contributed by atoms with Crippen molar-refractivity contribution in [2.75, 3.05) is 17.7 Å². The average Bonchev–Trinajstić information content (AvgIpc) is 2.57. The lowest BCUT2D eigenvalue weighted by Gasteiger charge is -2.16. The van der Waals surface area contributed by atoms with Crippen molar-refractivity contribution in [1.29, 1.82) is 0 Å². The molecular weight excluding hydrogens is 365 g/mol. The molecule has 0 aromatic heterocycles. The molecule has 25 heavy (non-hydrogen) atoms. The zero-order valence-electron chi connectivity index (χ0n) is 13.6. The number of halogens is 2. The first-order chi connectivity index (χ1) is 11.9. The third kappa shape index (κ3) is 5.55. The quantitative estimate of drug-likeness (QED) is 0.727. The van der Waals surface area contributed by atoms with Crippen molar-refractivity contribution < 1.29 is 14.3 Å². The summed E-state index contributed by atoms with van der Waals surface area (Å²) in [6, 6.07) is 11.2. The van der Waals surface area contributed by atoms with E-state index in [0.29, 0.717) is 27.2 Å². The number of nitrogens with one attached hydrogen (secondary N) is 3. The van der Waals surface area contributed by atoms with Gasteiger partial charge in [0, 0.05) is 23.4 Å². The van der Waals surface area contributed by atoms with E-state index < -0.39 is 6.10 Å². The van der Waals surface area contributed by atoms with Crippen LogP contribution in [0.2, 0.25) is 10.0 Å². The number of rotatable bonds is 5. The third-order valence-corrected chi connectivity index (χ3v) is 3.71. The molecule has 1 atom stereocenters. The molecule has 1 unspecified atom stereocenters. The molecule has 0 heterocycles. The smallest absolute Gasteiger partial charge is 0.318 e. The third-order valence-electron chi connectivity index (χ3n) is 3.18. The van der Waals surface area contributed by atoms with Gasteiger partial charge in [0.15, 0.2) is 6.10 Å². The molecule has 3 amide bonds. The second-order valence-electron chi connectivity index (χ2n) is 5.11. The van der Waals surface area contributed by atoms with Crippen molar-refractivity contribution in [3.63, 3.8) is 0 Å². The minimum Gasteiger partial charge on any atom is -0.479 e. The molecule has 0 fully saturated rings. The largest absolute Gasteiger partial charge is 0.479 e. The van der Waals surface area contributed by atoms with Crippen LogP contribution in [0, 0.1) is 0 Å². The number of benzene rings is 2. The van der Waals surface area contributed by atoms with Crippen LogP contribution in [0.1, 0.15) is 6.92 Å². The molecule has 0 aliphatic heterocycles. The fourth-order valence-corrected chi connectivity index (χ4v) is 2.38. The molecule has 6 nitrogen and oxygen atoms in total. The van der Waals surface area contributed by atoms with E-state index in [2.05, 4.69) is 16.0 Å². The maximum atomic E-state index is 12.3. The molecule has 0 saturated carbocycles. The number of carbonyl (C=O) groups excluding carboxylic acids is 2. The van der Waals surface area contributed by atoms with Crippen molar-refractivity contribution in [3.05, 3.63) is 52.5 Å². The highest BCUT2D eigenvalue weighted by atomic mass is 35.5. The molecule has 8 heteroatoms. The maximum absolute atomic E-state index is 12.3. The van der Waals surface area contributed by atoms with E-state index in [0.717, 1.165) is 0 Å². The van der Waals surface area contributed by atoms with Crippen LogP contribution < -0.4 is 20.7 Å². The summed E-state index contributed by atoms with van der Waals surface area (Å²) in [5.74, 6) is 0.00635. The van der Waals surface area contributed by atoms with Gasteiger partial charge in [-0.15, -0.1) is 0 Å². The molecule has 0 spiro atoms. The Morgan fingerprint density at radius 2 is 1.72 bits per heavy atom. The molecule has 0 aliphatic rings. The van der Waals surface area contributed by atoms with Gasteiger partial charge >= 0.3 is 6.03 Å². The average molecular weight is 382 g/mol. The van der Waals surface area contributed by atoms with Crippen molar-refractivity contribution in [2.24, 2.45) is 0 Å². The summed E-state index contributed by atoms with van der Waals surface area (Å²) in [5, 5.41) is 8.60. The zero-order chi connectivity index (χ0) is 18.4. The number of hydrogen-bond acceptors (Lipinski definition) is 3. The maximum Gasteiger partial charge on any atom is 0.318 e. The normalized spacial score (nSPS) is 11.4. The molecule has 3 N–H and O–H groups in total. The van der Waals surface area contributed by atoms with Gasteiger partial charge in [0.05, 0.1) is 5.02 Å². The number of carbonyl (C=O) groups is 2. The van der Waals surface area contributed by atoms with E-state index >= 15 is 0 Å². The van der Waals surface area contributed by atoms with Crippen LogP contribution in [0.4, 0.5) is 16.2 Å². The predicted octanol–water partition coefficient (Wildman–Crippen LogP) is 4.15. The Morgan fingerprint density at radius 1 is 1.04 bits per heavy atom. The molecule has 0 radical (unpaired) electrons. The molecular formula is C17H17Cl2N3O3. The topological polar surface area (TPSA) is 79.5 Å². The standard InChI is InChI=1S/C17H17Cl2N3O3/c1-10(25-15-7-6-11(18)8-14(15)19)16(23)21-12-4-3-5-13(9-12)22-17(24)20-2/h3-10H,1-2H3,(H,21,23)(H2,20,22,24). The highest BCUT2D eigenvalue weighted by Crippen LogP contribution is 2.28. The Kier molecular flexibility index (Phi) is 6.50. The Morgan fingerprint density at radius 3 is 2.36 bits per heavy atom. The predicted molar refractivity (Wildman–Crippen MR) is 99.7 cm³/mol. The second-order valence-corrected chi connectivity index (χ2v) is 5.95. The lowest BCUT2D eigenvalue weighted by Crippen LogP contribution is -2.30. The fourth-order valence-electron chi connectivity index (χ4n) is 1.93. The molecule has 132 valence electrons. The summed E-state index contributed by atoms with van der Waals surface area (Å²) in [5.41, 5.74) is 1.07. The fraction of sp³-hybridized carbons (Fsp3) is 0.176. The van der Waals surface area contributed by atoms with Crippen molar-refractivity contribution in [1.82, 2.24) is 5.32 Å². The van der Waals surface area contributed by atoms with E-state index in [-0.39, 0.29) is 11.9 Å². The number of anilines is 2. The van der Waals surface area contributed by atoms with Gasteiger partial charge in [0.25, 0.3) is 5.91 Å². The van der Waals surface area contributed by atoms with Gasteiger partial charge in [-0.3, -0.25) is 4.79 Å². The summed E-state index contributed by atoms with van der Waals surface area (Å²) in [6.07, 6.45) is -0.783. The first kappa shape index (κ1) is 18.9. The van der Waals surface area contributed by atoms with Crippen LogP contribution in [-0.4, -0.2) is 25.1 Å². The minimum atomic E-state index is -0.783. The van der Waals surface area contributed by atoms with Crippen molar-refractivity contribution in [2.45, 2.75) is 13.0 Å². The van der Waals surface area contributed by atoms with Crippen LogP contribution in [0.5, 0.6) is 5.75 Å². The van der Waals surface area contributed by atoms with Gasteiger partial charge in [-0.25, -0.2) is 4.79 Å². The van der Waals surface area contributed by atoms with Crippen LogP contribution in [0.25, 0.3) is 0 Å². The van der Waals surface area contributed by atoms with E-state index in [1.165, 1.54) is 13.1 Å². The first-order valence-electron chi connectivity index (χ1n) is 7.40. The van der Waals surface area contributed by atoms with E-state index in [1.807, 2.05) is 0 Å². The molecule has 2 aromatic carbocycles. The summed E-state index contributed by atoms with van der Waals surface area (Å²) in [4.78, 5) is 23.6. The van der Waals surface area contributed by atoms with Crippen molar-refractivity contribution in [3.8, 4) is 5.75 Å². The Hall–Kier alpha value is -2.44. The summed E-state index contributed by atoms with van der Waals surface area (Å²) < 4.78 is 5.56. The number of ether oxygens (including phenoxy) is 1. The Bertz CT molecular complexity index is 783. The van der Waals surface area contributed by atoms with Crippen LogP contribution in [0.3, 0.4) is 0 Å². The Balaban J connectivity index is 2.01. The highest BCUT2D eigenvalue weighted by molar-refractivity contribution is 6.35. The summed E-state index contributed by atoms with van der Waals surface area (Å²) in [7, 11) is 1.52. The van der Waals surface area contributed by atoms with Gasteiger partial charge in [-0.1, -0.05) is 29.3 Å². The highest BCUT2D eigenvalue weighted by Gasteiger charge is 2.16. The molecule has 0 saturated heterocycles. The van der Waals surface area contributed by atoms with Crippen LogP contribution in [0.15, 0.2) is 42.5 Å². The van der Waals surface area contributed by atoms with Crippen molar-refractivity contribution >= 4 is 46.5 Å². The van der Waals surface area contributed by atoms with Gasteiger partial charge in [-0.05, 0) is 43.3 Å². The van der Waals surface area contributed by atoms with Gasteiger partial charge in [0.2, 0.25) is 0 Å². The first-order valence-corrected chi connectivity index (χ1v) is 8.16. The molecule has 2 rings (SSSR count). The monoisotopic (exact) mass is 381 g/mol. The zero-order valence-corrected chi connectivity index (χ0v) is 15.1. The minimum absolute atomic E-state index is 0.323. The van der Waals surface area contributed by atoms with Gasteiger partial charge < -0.3 is 20.7 Å². The number of hydrogen-bond donors (Lipinski definition) is 3. The lowest BCUT2D eigenvalue weighted by atomic mass is 10.2.